The average Bonchev–Trinajstić information content (AvgIpc) is 2.40. The summed E-state index contributed by atoms with van der Waals surface area (Å²) in [6, 6.07) is 0. The van der Waals surface area contributed by atoms with E-state index in [4.69, 9.17) is 4.74 Å². The standard InChI is InChI=1S/C20H34O3/c1-18(2)10-5-11-19(3)15(18)8-12-20(4)16(19)7-6-14(17(21)22)9-13-23-20/h14-16H,5-13H2,1-4H3,(H,21,22)/t14-,15-,16+,19+,20-/m1/s1. The summed E-state index contributed by atoms with van der Waals surface area (Å²) in [6.45, 7) is 10.3. The molecule has 3 aliphatic rings. The molecule has 0 aromatic rings. The number of carbonyl (C=O) groups is 1. The van der Waals surface area contributed by atoms with Gasteiger partial charge in [-0.15, -0.1) is 0 Å². The molecule has 0 bridgehead atoms. The van der Waals surface area contributed by atoms with E-state index in [0.717, 1.165) is 25.2 Å². The van der Waals surface area contributed by atoms with Gasteiger partial charge >= 0.3 is 5.97 Å². The molecule has 132 valence electrons. The van der Waals surface area contributed by atoms with Crippen LogP contribution in [-0.4, -0.2) is 23.3 Å². The van der Waals surface area contributed by atoms with Gasteiger partial charge in [0.15, 0.2) is 0 Å². The van der Waals surface area contributed by atoms with Crippen LogP contribution in [-0.2, 0) is 9.53 Å². The minimum Gasteiger partial charge on any atom is -0.481 e. The predicted molar refractivity (Wildman–Crippen MR) is 91.3 cm³/mol. The van der Waals surface area contributed by atoms with Gasteiger partial charge in [0.2, 0.25) is 0 Å². The lowest BCUT2D eigenvalue weighted by atomic mass is 9.45. The molecule has 5 atom stereocenters. The lowest BCUT2D eigenvalue weighted by molar-refractivity contribution is -0.202. The molecule has 1 N–H and O–H groups in total. The third-order valence-corrected chi connectivity index (χ3v) is 7.79. The van der Waals surface area contributed by atoms with Crippen LogP contribution in [0.3, 0.4) is 0 Å². The monoisotopic (exact) mass is 322 g/mol. The summed E-state index contributed by atoms with van der Waals surface area (Å²) in [5.41, 5.74) is 0.653. The minimum atomic E-state index is -0.640. The highest BCUT2D eigenvalue weighted by molar-refractivity contribution is 5.69. The Labute approximate surface area is 141 Å². The topological polar surface area (TPSA) is 46.5 Å². The largest absolute Gasteiger partial charge is 0.481 e. The van der Waals surface area contributed by atoms with Gasteiger partial charge in [-0.3, -0.25) is 4.79 Å². The quantitative estimate of drug-likeness (QED) is 0.747. The van der Waals surface area contributed by atoms with Gasteiger partial charge in [-0.05, 0) is 74.5 Å². The summed E-state index contributed by atoms with van der Waals surface area (Å²) in [6.07, 6.45) is 8.81. The zero-order valence-corrected chi connectivity index (χ0v) is 15.4. The smallest absolute Gasteiger partial charge is 0.306 e. The molecule has 1 heterocycles. The fourth-order valence-electron chi connectivity index (χ4n) is 6.61. The number of hydrogen-bond acceptors (Lipinski definition) is 2. The fourth-order valence-corrected chi connectivity index (χ4v) is 6.61. The zero-order valence-electron chi connectivity index (χ0n) is 15.4. The molecule has 0 unspecified atom stereocenters. The molecule has 3 nitrogen and oxygen atoms in total. The van der Waals surface area contributed by atoms with Crippen LogP contribution >= 0.6 is 0 Å². The number of carboxylic acid groups (broad SMARTS) is 1. The molecule has 0 spiro atoms. The van der Waals surface area contributed by atoms with Crippen molar-refractivity contribution in [2.24, 2.45) is 28.6 Å². The average molecular weight is 322 g/mol. The van der Waals surface area contributed by atoms with Crippen LogP contribution in [0.15, 0.2) is 0 Å². The number of hydrogen-bond donors (Lipinski definition) is 1. The maximum Gasteiger partial charge on any atom is 0.306 e. The van der Waals surface area contributed by atoms with Crippen LogP contribution in [0.25, 0.3) is 0 Å². The Morgan fingerprint density at radius 3 is 2.39 bits per heavy atom. The van der Waals surface area contributed by atoms with E-state index in [1.807, 2.05) is 0 Å². The van der Waals surface area contributed by atoms with Crippen LogP contribution in [0, 0.1) is 28.6 Å². The molecule has 1 saturated heterocycles. The van der Waals surface area contributed by atoms with E-state index in [9.17, 15) is 9.90 Å². The van der Waals surface area contributed by atoms with Gasteiger partial charge in [-0.25, -0.2) is 0 Å². The Hall–Kier alpha value is -0.570. The minimum absolute atomic E-state index is 0.0534. The van der Waals surface area contributed by atoms with Gasteiger partial charge in [0, 0.05) is 6.61 Å². The number of fused-ring (bicyclic) bond motifs is 3. The van der Waals surface area contributed by atoms with E-state index in [-0.39, 0.29) is 11.5 Å². The van der Waals surface area contributed by atoms with E-state index in [1.54, 1.807) is 0 Å². The van der Waals surface area contributed by atoms with Crippen LogP contribution in [0.1, 0.15) is 79.1 Å². The highest BCUT2D eigenvalue weighted by atomic mass is 16.5. The summed E-state index contributed by atoms with van der Waals surface area (Å²) in [5.74, 6) is 0.377. The maximum absolute atomic E-state index is 11.5. The first-order chi connectivity index (χ1) is 10.7. The van der Waals surface area contributed by atoms with Crippen molar-refractivity contribution >= 4 is 5.97 Å². The highest BCUT2D eigenvalue weighted by Gasteiger charge is 2.58. The van der Waals surface area contributed by atoms with Crippen molar-refractivity contribution in [3.8, 4) is 0 Å². The van der Waals surface area contributed by atoms with Crippen LogP contribution < -0.4 is 0 Å². The number of carboxylic acids is 1. The summed E-state index contributed by atoms with van der Waals surface area (Å²) in [4.78, 5) is 11.5. The van der Waals surface area contributed by atoms with Gasteiger partial charge in [-0.2, -0.15) is 0 Å². The van der Waals surface area contributed by atoms with Crippen LogP contribution in [0.5, 0.6) is 0 Å². The second-order valence-corrected chi connectivity index (χ2v) is 9.55. The first kappa shape index (κ1) is 17.3. The van der Waals surface area contributed by atoms with Gasteiger partial charge in [0.25, 0.3) is 0 Å². The Kier molecular flexibility index (Phi) is 4.32. The van der Waals surface area contributed by atoms with Crippen LogP contribution in [0.4, 0.5) is 0 Å². The van der Waals surface area contributed by atoms with E-state index in [2.05, 4.69) is 27.7 Å². The van der Waals surface area contributed by atoms with Gasteiger partial charge in [0.1, 0.15) is 0 Å². The Morgan fingerprint density at radius 1 is 0.957 bits per heavy atom. The van der Waals surface area contributed by atoms with Crippen molar-refractivity contribution in [3.63, 3.8) is 0 Å². The molecule has 3 rings (SSSR count). The first-order valence-electron chi connectivity index (χ1n) is 9.56. The van der Waals surface area contributed by atoms with Crippen molar-refractivity contribution in [2.75, 3.05) is 6.61 Å². The molecule has 2 aliphatic carbocycles. The van der Waals surface area contributed by atoms with Crippen molar-refractivity contribution in [3.05, 3.63) is 0 Å². The predicted octanol–water partition coefficient (Wildman–Crippen LogP) is 4.89. The number of aliphatic carboxylic acids is 1. The normalized spacial score (nSPS) is 46.9. The highest BCUT2D eigenvalue weighted by Crippen LogP contribution is 2.64. The van der Waals surface area contributed by atoms with E-state index >= 15 is 0 Å². The molecule has 2 saturated carbocycles. The lowest BCUT2D eigenvalue weighted by Crippen LogP contribution is -2.59. The van der Waals surface area contributed by atoms with Gasteiger partial charge < -0.3 is 9.84 Å². The summed E-state index contributed by atoms with van der Waals surface area (Å²) in [5, 5.41) is 9.44. The van der Waals surface area contributed by atoms with Gasteiger partial charge in [0.05, 0.1) is 11.5 Å². The summed E-state index contributed by atoms with van der Waals surface area (Å²) >= 11 is 0. The third-order valence-electron chi connectivity index (χ3n) is 7.79. The maximum atomic E-state index is 11.5. The lowest BCUT2D eigenvalue weighted by Gasteiger charge is -2.62. The SMILES string of the molecule is CC1(C)CCC[C@@]2(C)[C@@H]1CC[C@@]1(C)OCC[C@H](C(=O)O)CC[C@@H]21. The van der Waals surface area contributed by atoms with Crippen molar-refractivity contribution in [1.82, 2.24) is 0 Å². The summed E-state index contributed by atoms with van der Waals surface area (Å²) in [7, 11) is 0. The molecule has 0 radical (unpaired) electrons. The Morgan fingerprint density at radius 2 is 1.70 bits per heavy atom. The van der Waals surface area contributed by atoms with E-state index in [1.165, 1.54) is 25.7 Å². The second-order valence-electron chi connectivity index (χ2n) is 9.55. The fraction of sp³-hybridized carbons (Fsp3) is 0.950. The van der Waals surface area contributed by atoms with Crippen molar-refractivity contribution in [2.45, 2.75) is 84.7 Å². The van der Waals surface area contributed by atoms with E-state index < -0.39 is 5.97 Å². The van der Waals surface area contributed by atoms with Crippen molar-refractivity contribution < 1.29 is 14.6 Å². The molecule has 0 amide bonds. The molecule has 0 aromatic heterocycles. The number of ether oxygens (including phenoxy) is 1. The van der Waals surface area contributed by atoms with Crippen LogP contribution in [0.2, 0.25) is 0 Å². The Bertz CT molecular complexity index is 472. The molecular formula is C20H34O3. The Balaban J connectivity index is 1.90. The van der Waals surface area contributed by atoms with E-state index in [0.29, 0.717) is 29.8 Å². The molecule has 3 fully saturated rings. The molecular weight excluding hydrogens is 288 g/mol. The molecule has 23 heavy (non-hydrogen) atoms. The second kappa shape index (κ2) is 5.75. The summed E-state index contributed by atoms with van der Waals surface area (Å²) < 4.78 is 6.37. The van der Waals surface area contributed by atoms with Gasteiger partial charge in [-0.1, -0.05) is 27.2 Å². The zero-order chi connectivity index (χ0) is 16.9. The van der Waals surface area contributed by atoms with Crippen molar-refractivity contribution in [1.29, 1.82) is 0 Å². The molecule has 3 heteroatoms. The first-order valence-corrected chi connectivity index (χ1v) is 9.56. The molecule has 1 aliphatic heterocycles. The number of rotatable bonds is 1. The molecule has 0 aromatic carbocycles. The third kappa shape index (κ3) is 2.83.